The van der Waals surface area contributed by atoms with Gasteiger partial charge in [-0.2, -0.15) is 5.10 Å². The first kappa shape index (κ1) is 15.8. The van der Waals surface area contributed by atoms with E-state index < -0.39 is 17.4 Å². The molecule has 0 saturated carbocycles. The number of nitrogens with one attached hydrogen (secondary N) is 1. The maximum atomic E-state index is 12.3. The zero-order valence-electron chi connectivity index (χ0n) is 13.0. The van der Waals surface area contributed by atoms with E-state index >= 15 is 0 Å². The zero-order valence-corrected chi connectivity index (χ0v) is 13.0. The van der Waals surface area contributed by atoms with Gasteiger partial charge in [-0.3, -0.25) is 14.3 Å². The van der Waals surface area contributed by atoms with Crippen molar-refractivity contribution in [2.45, 2.75) is 26.2 Å². The van der Waals surface area contributed by atoms with Gasteiger partial charge in [0.2, 0.25) is 0 Å². The molecule has 0 aliphatic heterocycles. The van der Waals surface area contributed by atoms with E-state index in [4.69, 9.17) is 4.74 Å². The lowest BCUT2D eigenvalue weighted by molar-refractivity contribution is -0.140. The van der Waals surface area contributed by atoms with Gasteiger partial charge in [0.15, 0.2) is 0 Å². The monoisotopic (exact) mass is 305 g/mol. The van der Waals surface area contributed by atoms with Gasteiger partial charge in [-0.25, -0.2) is 0 Å². The van der Waals surface area contributed by atoms with Crippen LogP contribution in [0.4, 0.5) is 0 Å². The summed E-state index contributed by atoms with van der Waals surface area (Å²) in [6, 6.07) is 1.46. The SMILES string of the molecule is COC(=O)C[C@H](c1cnn(C)c1C)c1c(O)cc(C)[nH]c1=O. The van der Waals surface area contributed by atoms with Crippen molar-refractivity contribution < 1.29 is 14.6 Å². The fourth-order valence-electron chi connectivity index (χ4n) is 2.49. The second-order valence-electron chi connectivity index (χ2n) is 5.22. The smallest absolute Gasteiger partial charge is 0.306 e. The van der Waals surface area contributed by atoms with E-state index in [0.29, 0.717) is 11.3 Å². The molecule has 0 fully saturated rings. The summed E-state index contributed by atoms with van der Waals surface area (Å²) in [5, 5.41) is 14.3. The molecule has 118 valence electrons. The average molecular weight is 305 g/mol. The average Bonchev–Trinajstić information content (AvgIpc) is 2.76. The molecule has 0 amide bonds. The van der Waals surface area contributed by atoms with E-state index in [2.05, 4.69) is 10.1 Å². The fourth-order valence-corrected chi connectivity index (χ4v) is 2.49. The number of H-pyrrole nitrogens is 1. The molecule has 22 heavy (non-hydrogen) atoms. The first-order valence-electron chi connectivity index (χ1n) is 6.83. The van der Waals surface area contributed by atoms with E-state index in [1.54, 1.807) is 24.9 Å². The van der Waals surface area contributed by atoms with E-state index in [-0.39, 0.29) is 17.7 Å². The summed E-state index contributed by atoms with van der Waals surface area (Å²) < 4.78 is 6.37. The summed E-state index contributed by atoms with van der Waals surface area (Å²) in [6.45, 7) is 3.52. The quantitative estimate of drug-likeness (QED) is 0.825. The Bertz CT molecular complexity index is 761. The molecule has 7 heteroatoms. The van der Waals surface area contributed by atoms with Crippen molar-refractivity contribution in [1.29, 1.82) is 0 Å². The van der Waals surface area contributed by atoms with Crippen molar-refractivity contribution in [1.82, 2.24) is 14.8 Å². The highest BCUT2D eigenvalue weighted by Gasteiger charge is 2.27. The van der Waals surface area contributed by atoms with Crippen LogP contribution in [0.1, 0.15) is 34.9 Å². The largest absolute Gasteiger partial charge is 0.507 e. The predicted molar refractivity (Wildman–Crippen MR) is 79.9 cm³/mol. The topological polar surface area (TPSA) is 97.2 Å². The Morgan fingerprint density at radius 3 is 2.68 bits per heavy atom. The van der Waals surface area contributed by atoms with Crippen LogP contribution in [0.25, 0.3) is 0 Å². The van der Waals surface area contributed by atoms with Crippen LogP contribution in [0.15, 0.2) is 17.1 Å². The molecular formula is C15H19N3O4. The number of esters is 1. The molecule has 0 aromatic carbocycles. The number of aromatic hydroxyl groups is 1. The number of carbonyl (C=O) groups is 1. The van der Waals surface area contributed by atoms with E-state index in [0.717, 1.165) is 5.69 Å². The van der Waals surface area contributed by atoms with Gasteiger partial charge in [-0.15, -0.1) is 0 Å². The normalized spacial score (nSPS) is 12.2. The Balaban J connectivity index is 2.62. The number of methoxy groups -OCH3 is 1. The number of aromatic nitrogens is 3. The molecule has 0 aliphatic carbocycles. The molecule has 0 spiro atoms. The number of rotatable bonds is 4. The molecular weight excluding hydrogens is 286 g/mol. The zero-order chi connectivity index (χ0) is 16.4. The van der Waals surface area contributed by atoms with Crippen molar-refractivity contribution in [3.8, 4) is 5.75 Å². The fraction of sp³-hybridized carbons (Fsp3) is 0.400. The second-order valence-corrected chi connectivity index (χ2v) is 5.22. The highest BCUT2D eigenvalue weighted by Crippen LogP contribution is 2.33. The van der Waals surface area contributed by atoms with Crippen molar-refractivity contribution in [2.24, 2.45) is 7.05 Å². The summed E-state index contributed by atoms with van der Waals surface area (Å²) in [5.74, 6) is -1.23. The molecule has 0 aliphatic rings. The van der Waals surface area contributed by atoms with Gasteiger partial charge in [0.25, 0.3) is 5.56 Å². The molecule has 2 rings (SSSR count). The Hall–Kier alpha value is -2.57. The molecule has 2 aromatic rings. The van der Waals surface area contributed by atoms with Crippen LogP contribution in [0.3, 0.4) is 0 Å². The maximum absolute atomic E-state index is 12.3. The molecule has 2 N–H and O–H groups in total. The summed E-state index contributed by atoms with van der Waals surface area (Å²) in [7, 11) is 3.06. The van der Waals surface area contributed by atoms with Gasteiger partial charge in [-0.1, -0.05) is 0 Å². The van der Waals surface area contributed by atoms with Gasteiger partial charge in [0, 0.05) is 29.9 Å². The minimum atomic E-state index is -0.620. The number of nitrogens with zero attached hydrogens (tertiary/aromatic N) is 2. The van der Waals surface area contributed by atoms with E-state index in [1.807, 2.05) is 6.92 Å². The summed E-state index contributed by atoms with van der Waals surface area (Å²) >= 11 is 0. The number of carbonyl (C=O) groups excluding carboxylic acids is 1. The molecule has 0 radical (unpaired) electrons. The maximum Gasteiger partial charge on any atom is 0.306 e. The molecule has 7 nitrogen and oxygen atoms in total. The van der Waals surface area contributed by atoms with E-state index in [1.165, 1.54) is 13.2 Å². The van der Waals surface area contributed by atoms with Crippen molar-refractivity contribution >= 4 is 5.97 Å². The summed E-state index contributed by atoms with van der Waals surface area (Å²) in [4.78, 5) is 26.7. The van der Waals surface area contributed by atoms with Crippen LogP contribution in [0.5, 0.6) is 5.75 Å². The Labute approximate surface area is 127 Å². The number of pyridine rings is 1. The lowest BCUT2D eigenvalue weighted by Crippen LogP contribution is -2.21. The molecule has 0 unspecified atom stereocenters. The number of aromatic amines is 1. The van der Waals surface area contributed by atoms with Crippen LogP contribution in [-0.2, 0) is 16.6 Å². The van der Waals surface area contributed by atoms with Gasteiger partial charge < -0.3 is 14.8 Å². The molecule has 2 heterocycles. The lowest BCUT2D eigenvalue weighted by Gasteiger charge is -2.17. The van der Waals surface area contributed by atoms with Gasteiger partial charge in [0.05, 0.1) is 25.3 Å². The number of hydrogen-bond acceptors (Lipinski definition) is 5. The minimum Gasteiger partial charge on any atom is -0.507 e. The number of hydrogen-bond donors (Lipinski definition) is 2. The summed E-state index contributed by atoms with van der Waals surface area (Å²) in [6.07, 6.45) is 1.55. The molecule has 2 aromatic heterocycles. The van der Waals surface area contributed by atoms with Crippen LogP contribution in [0.2, 0.25) is 0 Å². The first-order chi connectivity index (χ1) is 10.3. The number of ether oxygens (including phenoxy) is 1. The lowest BCUT2D eigenvalue weighted by atomic mass is 9.89. The van der Waals surface area contributed by atoms with Crippen LogP contribution < -0.4 is 5.56 Å². The standard InChI is InChI=1S/C15H19N3O4/c1-8-5-12(19)14(15(21)17-8)10(6-13(20)22-4)11-7-16-18(3)9(11)2/h5,7,10H,6H2,1-4H3,(H2,17,19,21)/t10-/m1/s1. The second kappa shape index (κ2) is 6.05. The van der Waals surface area contributed by atoms with Gasteiger partial charge >= 0.3 is 5.97 Å². The Morgan fingerprint density at radius 2 is 2.18 bits per heavy atom. The Morgan fingerprint density at radius 1 is 1.50 bits per heavy atom. The summed E-state index contributed by atoms with van der Waals surface area (Å²) in [5.41, 5.74) is 1.79. The third kappa shape index (κ3) is 2.88. The Kier molecular flexibility index (Phi) is 4.35. The van der Waals surface area contributed by atoms with Crippen molar-refractivity contribution in [3.05, 3.63) is 45.1 Å². The highest BCUT2D eigenvalue weighted by molar-refractivity contribution is 5.71. The highest BCUT2D eigenvalue weighted by atomic mass is 16.5. The molecule has 0 bridgehead atoms. The van der Waals surface area contributed by atoms with Crippen LogP contribution in [0, 0.1) is 13.8 Å². The predicted octanol–water partition coefficient (Wildman–Crippen LogP) is 1.13. The van der Waals surface area contributed by atoms with Crippen LogP contribution in [-0.4, -0.2) is 33.0 Å². The van der Waals surface area contributed by atoms with Gasteiger partial charge in [0.1, 0.15) is 5.75 Å². The third-order valence-electron chi connectivity index (χ3n) is 3.78. The number of aryl methyl sites for hydroxylation is 2. The van der Waals surface area contributed by atoms with Crippen LogP contribution >= 0.6 is 0 Å². The minimum absolute atomic E-state index is 0.0528. The van der Waals surface area contributed by atoms with Crippen molar-refractivity contribution in [2.75, 3.05) is 7.11 Å². The molecule has 0 saturated heterocycles. The molecule has 1 atom stereocenters. The first-order valence-corrected chi connectivity index (χ1v) is 6.83. The van der Waals surface area contributed by atoms with E-state index in [9.17, 15) is 14.7 Å². The third-order valence-corrected chi connectivity index (χ3v) is 3.78. The van der Waals surface area contributed by atoms with Gasteiger partial charge in [-0.05, 0) is 19.9 Å². The van der Waals surface area contributed by atoms with Crippen molar-refractivity contribution in [3.63, 3.8) is 0 Å².